The third kappa shape index (κ3) is 2.84. The molecule has 4 nitrogen and oxygen atoms in total. The Morgan fingerprint density at radius 2 is 2.00 bits per heavy atom. The maximum absolute atomic E-state index is 6.03. The van der Waals surface area contributed by atoms with Crippen LogP contribution in [0.4, 0.5) is 11.4 Å². The number of nitrogens with zero attached hydrogens (tertiary/aromatic N) is 1. The van der Waals surface area contributed by atoms with Gasteiger partial charge >= 0.3 is 0 Å². The van der Waals surface area contributed by atoms with Gasteiger partial charge in [-0.25, -0.2) is 4.98 Å². The Morgan fingerprint density at radius 1 is 1.35 bits per heavy atom. The number of aromatic nitrogens is 1. The molecule has 0 radical (unpaired) electrons. The van der Waals surface area contributed by atoms with E-state index in [0.29, 0.717) is 33.9 Å². The van der Waals surface area contributed by atoms with E-state index in [4.69, 9.17) is 33.4 Å². The van der Waals surface area contributed by atoms with Crippen LogP contribution in [0.15, 0.2) is 22.7 Å². The van der Waals surface area contributed by atoms with Crippen LogP contribution in [0, 0.1) is 6.92 Å². The first kappa shape index (κ1) is 12.1. The summed E-state index contributed by atoms with van der Waals surface area (Å²) < 4.78 is 5.32. The molecule has 0 unspecified atom stereocenters. The summed E-state index contributed by atoms with van der Waals surface area (Å²) >= 11 is 12.1. The van der Waals surface area contributed by atoms with Crippen molar-refractivity contribution in [2.24, 2.45) is 0 Å². The molecule has 1 aromatic carbocycles. The number of hydrogen-bond acceptors (Lipinski definition) is 4. The van der Waals surface area contributed by atoms with Gasteiger partial charge in [0, 0.05) is 5.69 Å². The Hall–Kier alpha value is -1.39. The standard InChI is InChI=1S/C11H11Cl2N3O/c1-6-4-15-10(17-6)5-16-11-8(12)2-7(14)3-9(11)13/h2-4,16H,5,14H2,1H3. The highest BCUT2D eigenvalue weighted by Gasteiger charge is 2.08. The van der Waals surface area contributed by atoms with Gasteiger partial charge in [0.25, 0.3) is 0 Å². The molecular formula is C11H11Cl2N3O. The van der Waals surface area contributed by atoms with E-state index in [-0.39, 0.29) is 0 Å². The van der Waals surface area contributed by atoms with Crippen LogP contribution in [-0.2, 0) is 6.54 Å². The molecule has 17 heavy (non-hydrogen) atoms. The van der Waals surface area contributed by atoms with E-state index in [2.05, 4.69) is 10.3 Å². The normalized spacial score (nSPS) is 10.5. The highest BCUT2D eigenvalue weighted by atomic mass is 35.5. The Balaban J connectivity index is 2.14. The topological polar surface area (TPSA) is 64.1 Å². The minimum atomic E-state index is 0.414. The van der Waals surface area contributed by atoms with E-state index >= 15 is 0 Å². The zero-order chi connectivity index (χ0) is 12.4. The molecule has 0 saturated carbocycles. The second-order valence-corrected chi connectivity index (χ2v) is 4.39. The van der Waals surface area contributed by atoms with Crippen LogP contribution in [0.5, 0.6) is 0 Å². The lowest BCUT2D eigenvalue weighted by Gasteiger charge is -2.09. The predicted octanol–water partition coefficient (Wildman–Crippen LogP) is 3.48. The molecule has 0 atom stereocenters. The number of aryl methyl sites for hydroxylation is 1. The van der Waals surface area contributed by atoms with Gasteiger partial charge in [0.1, 0.15) is 5.76 Å². The Morgan fingerprint density at radius 3 is 2.53 bits per heavy atom. The van der Waals surface area contributed by atoms with Crippen molar-refractivity contribution in [3.05, 3.63) is 40.0 Å². The van der Waals surface area contributed by atoms with Crippen LogP contribution >= 0.6 is 23.2 Å². The number of nitrogen functional groups attached to an aromatic ring is 1. The first-order chi connectivity index (χ1) is 8.06. The lowest BCUT2D eigenvalue weighted by atomic mass is 10.3. The summed E-state index contributed by atoms with van der Waals surface area (Å²) in [5, 5.41) is 4.00. The molecule has 0 amide bonds. The molecule has 0 aliphatic carbocycles. The summed E-state index contributed by atoms with van der Waals surface area (Å²) in [4.78, 5) is 4.07. The smallest absolute Gasteiger partial charge is 0.213 e. The SMILES string of the molecule is Cc1cnc(CNc2c(Cl)cc(N)cc2Cl)o1. The highest BCUT2D eigenvalue weighted by Crippen LogP contribution is 2.33. The molecule has 0 spiro atoms. The molecule has 0 saturated heterocycles. The zero-order valence-corrected chi connectivity index (χ0v) is 10.6. The van der Waals surface area contributed by atoms with Crippen molar-refractivity contribution in [2.75, 3.05) is 11.1 Å². The van der Waals surface area contributed by atoms with E-state index in [1.165, 1.54) is 0 Å². The molecule has 0 aliphatic rings. The van der Waals surface area contributed by atoms with Crippen molar-refractivity contribution in [2.45, 2.75) is 13.5 Å². The first-order valence-corrected chi connectivity index (χ1v) is 5.71. The maximum atomic E-state index is 6.03. The largest absolute Gasteiger partial charge is 0.444 e. The number of nitrogens with one attached hydrogen (secondary N) is 1. The Kier molecular flexibility index (Phi) is 3.45. The molecule has 2 aromatic rings. The van der Waals surface area contributed by atoms with Crippen LogP contribution in [0.3, 0.4) is 0 Å². The molecule has 2 rings (SSSR count). The molecule has 0 bridgehead atoms. The van der Waals surface area contributed by atoms with E-state index in [0.717, 1.165) is 5.76 Å². The van der Waals surface area contributed by atoms with E-state index in [1.54, 1.807) is 18.3 Å². The highest BCUT2D eigenvalue weighted by molar-refractivity contribution is 6.39. The number of halogens is 2. The molecule has 0 aliphatic heterocycles. The molecule has 1 heterocycles. The van der Waals surface area contributed by atoms with E-state index in [1.807, 2.05) is 6.92 Å². The Labute approximate surface area is 109 Å². The van der Waals surface area contributed by atoms with Crippen molar-refractivity contribution in [3.63, 3.8) is 0 Å². The van der Waals surface area contributed by atoms with Crippen molar-refractivity contribution < 1.29 is 4.42 Å². The fourth-order valence-electron chi connectivity index (χ4n) is 1.41. The zero-order valence-electron chi connectivity index (χ0n) is 9.13. The fraction of sp³-hybridized carbons (Fsp3) is 0.182. The molecule has 1 aromatic heterocycles. The monoisotopic (exact) mass is 271 g/mol. The number of hydrogen-bond donors (Lipinski definition) is 2. The first-order valence-electron chi connectivity index (χ1n) is 4.96. The summed E-state index contributed by atoms with van der Waals surface area (Å²) in [5.41, 5.74) is 6.76. The van der Waals surface area contributed by atoms with Gasteiger partial charge in [-0.05, 0) is 19.1 Å². The van der Waals surface area contributed by atoms with Crippen molar-refractivity contribution in [1.82, 2.24) is 4.98 Å². The van der Waals surface area contributed by atoms with Gasteiger partial charge in [-0.3, -0.25) is 0 Å². The lowest BCUT2D eigenvalue weighted by molar-refractivity contribution is 0.479. The van der Waals surface area contributed by atoms with Gasteiger partial charge in [0.05, 0.1) is 28.5 Å². The van der Waals surface area contributed by atoms with Crippen molar-refractivity contribution >= 4 is 34.6 Å². The summed E-state index contributed by atoms with van der Waals surface area (Å²) in [6.07, 6.45) is 1.66. The quantitative estimate of drug-likeness (QED) is 0.839. The second-order valence-electron chi connectivity index (χ2n) is 3.58. The minimum Gasteiger partial charge on any atom is -0.444 e. The second kappa shape index (κ2) is 4.85. The van der Waals surface area contributed by atoms with Gasteiger partial charge in [-0.15, -0.1) is 0 Å². The number of nitrogens with two attached hydrogens (primary N) is 1. The Bertz CT molecular complexity index is 516. The van der Waals surface area contributed by atoms with E-state index < -0.39 is 0 Å². The lowest BCUT2D eigenvalue weighted by Crippen LogP contribution is -2.01. The summed E-state index contributed by atoms with van der Waals surface area (Å²) in [6.45, 7) is 2.25. The fourth-order valence-corrected chi connectivity index (χ4v) is 2.05. The molecule has 3 N–H and O–H groups in total. The molecule has 90 valence electrons. The molecular weight excluding hydrogens is 261 g/mol. The van der Waals surface area contributed by atoms with Gasteiger partial charge in [0.2, 0.25) is 5.89 Å². The van der Waals surface area contributed by atoms with Crippen LogP contribution in [0.2, 0.25) is 10.0 Å². The number of oxazole rings is 1. The van der Waals surface area contributed by atoms with E-state index in [9.17, 15) is 0 Å². The molecule has 6 heteroatoms. The van der Waals surface area contributed by atoms with Gasteiger partial charge in [-0.1, -0.05) is 23.2 Å². The maximum Gasteiger partial charge on any atom is 0.213 e. The van der Waals surface area contributed by atoms with Crippen LogP contribution in [-0.4, -0.2) is 4.98 Å². The predicted molar refractivity (Wildman–Crippen MR) is 69.4 cm³/mol. The third-order valence-corrected chi connectivity index (χ3v) is 2.75. The average Bonchev–Trinajstić information content (AvgIpc) is 2.62. The van der Waals surface area contributed by atoms with Crippen LogP contribution in [0.25, 0.3) is 0 Å². The summed E-state index contributed by atoms with van der Waals surface area (Å²) in [5.74, 6) is 1.34. The number of benzene rings is 1. The van der Waals surface area contributed by atoms with Crippen LogP contribution in [0.1, 0.15) is 11.7 Å². The van der Waals surface area contributed by atoms with Crippen molar-refractivity contribution in [3.8, 4) is 0 Å². The summed E-state index contributed by atoms with van der Waals surface area (Å²) in [7, 11) is 0. The van der Waals surface area contributed by atoms with Gasteiger partial charge in [-0.2, -0.15) is 0 Å². The third-order valence-electron chi connectivity index (χ3n) is 2.15. The van der Waals surface area contributed by atoms with Crippen LogP contribution < -0.4 is 11.1 Å². The summed E-state index contributed by atoms with van der Waals surface area (Å²) in [6, 6.07) is 3.27. The van der Waals surface area contributed by atoms with Crippen molar-refractivity contribution in [1.29, 1.82) is 0 Å². The average molecular weight is 272 g/mol. The minimum absolute atomic E-state index is 0.414. The van der Waals surface area contributed by atoms with Gasteiger partial charge in [0.15, 0.2) is 0 Å². The number of anilines is 2. The van der Waals surface area contributed by atoms with Gasteiger partial charge < -0.3 is 15.5 Å². The molecule has 0 fully saturated rings. The number of rotatable bonds is 3.